The van der Waals surface area contributed by atoms with Gasteiger partial charge in [-0.3, -0.25) is 4.18 Å². The summed E-state index contributed by atoms with van der Waals surface area (Å²) in [6.07, 6.45) is 1.20. The minimum absolute atomic E-state index is 0.00190. The summed E-state index contributed by atoms with van der Waals surface area (Å²) < 4.78 is 51.9. The van der Waals surface area contributed by atoms with Crippen LogP contribution >= 0.6 is 0 Å². The maximum Gasteiger partial charge on any atom is 0.264 e. The molecule has 0 N–H and O–H groups in total. The molecule has 6 heteroatoms. The van der Waals surface area contributed by atoms with Crippen molar-refractivity contribution in [2.24, 2.45) is 5.41 Å². The fourth-order valence-electron chi connectivity index (χ4n) is 1.61. The lowest BCUT2D eigenvalue weighted by Crippen LogP contribution is -2.35. The third kappa shape index (κ3) is 4.42. The summed E-state index contributed by atoms with van der Waals surface area (Å²) in [6.45, 7) is 1.79. The molecular formula is C9H16F2O3S. The van der Waals surface area contributed by atoms with Crippen molar-refractivity contribution in [1.29, 1.82) is 0 Å². The van der Waals surface area contributed by atoms with E-state index in [1.165, 1.54) is 0 Å². The predicted molar refractivity (Wildman–Crippen MR) is 52.3 cm³/mol. The molecule has 0 aliphatic heterocycles. The molecule has 0 atom stereocenters. The molecule has 0 spiro atoms. The molecule has 0 aromatic carbocycles. The summed E-state index contributed by atoms with van der Waals surface area (Å²) in [4.78, 5) is 0. The van der Waals surface area contributed by atoms with Crippen LogP contribution in [0.25, 0.3) is 0 Å². The van der Waals surface area contributed by atoms with Crippen LogP contribution in [0.5, 0.6) is 0 Å². The van der Waals surface area contributed by atoms with Crippen LogP contribution in [0.15, 0.2) is 0 Å². The first-order valence-electron chi connectivity index (χ1n) is 4.84. The monoisotopic (exact) mass is 242 g/mol. The highest BCUT2D eigenvalue weighted by atomic mass is 32.2. The van der Waals surface area contributed by atoms with Gasteiger partial charge in [0.2, 0.25) is 5.92 Å². The van der Waals surface area contributed by atoms with E-state index in [1.54, 1.807) is 6.92 Å². The Hall–Kier alpha value is -0.230. The lowest BCUT2D eigenvalue weighted by Gasteiger charge is -2.36. The topological polar surface area (TPSA) is 43.4 Å². The van der Waals surface area contributed by atoms with E-state index in [1.807, 2.05) is 0 Å². The molecule has 1 aliphatic carbocycles. The van der Waals surface area contributed by atoms with E-state index in [2.05, 4.69) is 4.18 Å². The van der Waals surface area contributed by atoms with Crippen LogP contribution in [0.3, 0.4) is 0 Å². The smallest absolute Gasteiger partial charge is 0.264 e. The van der Waals surface area contributed by atoms with Crippen molar-refractivity contribution >= 4 is 10.1 Å². The van der Waals surface area contributed by atoms with Crippen molar-refractivity contribution in [3.8, 4) is 0 Å². The first kappa shape index (κ1) is 12.8. The summed E-state index contributed by atoms with van der Waals surface area (Å²) in [7, 11) is -3.48. The van der Waals surface area contributed by atoms with Crippen molar-refractivity contribution in [3.05, 3.63) is 0 Å². The lowest BCUT2D eigenvalue weighted by molar-refractivity contribution is -0.0706. The minimum atomic E-state index is -3.48. The molecule has 15 heavy (non-hydrogen) atoms. The van der Waals surface area contributed by atoms with Gasteiger partial charge in [-0.1, -0.05) is 6.92 Å². The van der Waals surface area contributed by atoms with Crippen LogP contribution in [0.2, 0.25) is 0 Å². The van der Waals surface area contributed by atoms with Crippen molar-refractivity contribution < 1.29 is 21.4 Å². The maximum atomic E-state index is 12.9. The van der Waals surface area contributed by atoms with E-state index in [0.717, 1.165) is 6.26 Å². The molecule has 3 nitrogen and oxygen atoms in total. The van der Waals surface area contributed by atoms with Gasteiger partial charge in [0.25, 0.3) is 10.1 Å². The highest BCUT2D eigenvalue weighted by molar-refractivity contribution is 7.85. The van der Waals surface area contributed by atoms with Gasteiger partial charge in [-0.25, -0.2) is 8.78 Å². The summed E-state index contributed by atoms with van der Waals surface area (Å²) >= 11 is 0. The Morgan fingerprint density at radius 3 is 2.07 bits per heavy atom. The molecule has 0 aromatic heterocycles. The molecule has 0 saturated heterocycles. The van der Waals surface area contributed by atoms with Crippen molar-refractivity contribution in [2.75, 3.05) is 12.9 Å². The van der Waals surface area contributed by atoms with Crippen LogP contribution in [0.1, 0.15) is 32.6 Å². The largest absolute Gasteiger partial charge is 0.270 e. The summed E-state index contributed by atoms with van der Waals surface area (Å²) in [6, 6.07) is 0. The van der Waals surface area contributed by atoms with E-state index in [9.17, 15) is 17.2 Å². The van der Waals surface area contributed by atoms with E-state index in [-0.39, 0.29) is 19.4 Å². The Balaban J connectivity index is 2.49. The Morgan fingerprint density at radius 2 is 1.67 bits per heavy atom. The van der Waals surface area contributed by atoms with E-state index in [4.69, 9.17) is 0 Å². The van der Waals surface area contributed by atoms with Gasteiger partial charge in [-0.05, 0) is 18.3 Å². The van der Waals surface area contributed by atoms with Crippen LogP contribution in [-0.2, 0) is 14.3 Å². The number of rotatable bonds is 3. The molecule has 0 bridgehead atoms. The van der Waals surface area contributed by atoms with Crippen LogP contribution < -0.4 is 0 Å². The second-order valence-corrected chi connectivity index (χ2v) is 6.28. The zero-order chi connectivity index (χ0) is 11.7. The SMILES string of the molecule is CC1(COS(C)(=O)=O)CCC(F)(F)CC1. The van der Waals surface area contributed by atoms with Gasteiger partial charge in [0.15, 0.2) is 0 Å². The zero-order valence-corrected chi connectivity index (χ0v) is 9.74. The standard InChI is InChI=1S/C9H16F2O3S/c1-8(7-14-15(2,12)13)3-5-9(10,11)6-4-8/h3-7H2,1-2H3. The minimum Gasteiger partial charge on any atom is -0.270 e. The molecule has 1 saturated carbocycles. The third-order valence-corrected chi connectivity index (χ3v) is 3.36. The van der Waals surface area contributed by atoms with Gasteiger partial charge in [0.05, 0.1) is 12.9 Å². The van der Waals surface area contributed by atoms with Gasteiger partial charge < -0.3 is 0 Å². The lowest BCUT2D eigenvalue weighted by atomic mass is 9.75. The molecule has 1 aliphatic rings. The first-order valence-corrected chi connectivity index (χ1v) is 6.66. The van der Waals surface area contributed by atoms with Crippen LogP contribution in [0, 0.1) is 5.41 Å². The predicted octanol–water partition coefficient (Wildman–Crippen LogP) is 2.18. The molecule has 0 aromatic rings. The number of hydrogen-bond donors (Lipinski definition) is 0. The molecule has 1 rings (SSSR count). The van der Waals surface area contributed by atoms with Crippen molar-refractivity contribution in [1.82, 2.24) is 0 Å². The van der Waals surface area contributed by atoms with E-state index in [0.29, 0.717) is 12.8 Å². The van der Waals surface area contributed by atoms with Crippen LogP contribution in [0.4, 0.5) is 8.78 Å². The van der Waals surface area contributed by atoms with E-state index < -0.39 is 21.5 Å². The van der Waals surface area contributed by atoms with Crippen molar-refractivity contribution in [3.63, 3.8) is 0 Å². The molecule has 90 valence electrons. The Labute approximate surface area is 88.9 Å². The average molecular weight is 242 g/mol. The maximum absolute atomic E-state index is 12.9. The van der Waals surface area contributed by atoms with Gasteiger partial charge in [0, 0.05) is 12.8 Å². The summed E-state index contributed by atoms with van der Waals surface area (Å²) in [5.74, 6) is -2.59. The van der Waals surface area contributed by atoms with Gasteiger partial charge >= 0.3 is 0 Å². The number of hydrogen-bond acceptors (Lipinski definition) is 3. The van der Waals surface area contributed by atoms with Gasteiger partial charge in [-0.2, -0.15) is 8.42 Å². The second-order valence-electron chi connectivity index (χ2n) is 4.63. The van der Waals surface area contributed by atoms with Crippen LogP contribution in [-0.4, -0.2) is 27.2 Å². The first-order chi connectivity index (χ1) is 6.62. The average Bonchev–Trinajstić information content (AvgIpc) is 2.07. The Kier molecular flexibility index (Phi) is 3.40. The molecular weight excluding hydrogens is 226 g/mol. The second kappa shape index (κ2) is 3.97. The molecule has 0 heterocycles. The molecule has 0 radical (unpaired) electrons. The van der Waals surface area contributed by atoms with Crippen molar-refractivity contribution in [2.45, 2.75) is 38.5 Å². The fraction of sp³-hybridized carbons (Fsp3) is 1.00. The molecule has 0 unspecified atom stereocenters. The zero-order valence-electron chi connectivity index (χ0n) is 8.92. The summed E-state index contributed by atoms with van der Waals surface area (Å²) in [5.41, 5.74) is -0.440. The Morgan fingerprint density at radius 1 is 1.20 bits per heavy atom. The number of alkyl halides is 2. The molecule has 1 fully saturated rings. The Bertz CT molecular complexity index is 314. The number of halogens is 2. The fourth-order valence-corrected chi connectivity index (χ4v) is 2.11. The van der Waals surface area contributed by atoms with E-state index >= 15 is 0 Å². The third-order valence-electron chi connectivity index (χ3n) is 2.81. The normalized spacial score (nSPS) is 25.1. The van der Waals surface area contributed by atoms with Gasteiger partial charge in [-0.15, -0.1) is 0 Å². The van der Waals surface area contributed by atoms with Gasteiger partial charge in [0.1, 0.15) is 0 Å². The highest BCUT2D eigenvalue weighted by Crippen LogP contribution is 2.43. The highest BCUT2D eigenvalue weighted by Gasteiger charge is 2.41. The molecule has 0 amide bonds. The summed E-state index contributed by atoms with van der Waals surface area (Å²) in [5, 5.41) is 0. The quantitative estimate of drug-likeness (QED) is 0.712.